The first-order valence-electron chi connectivity index (χ1n) is 5.58. The average molecular weight is 296 g/mol. The predicted molar refractivity (Wildman–Crippen MR) is 59.0 cm³/mol. The Hall–Kier alpha value is -1.67. The second-order valence-electron chi connectivity index (χ2n) is 3.88. The molecule has 2 N–H and O–H groups in total. The zero-order valence-electron chi connectivity index (χ0n) is 10.3. The van der Waals surface area contributed by atoms with E-state index in [1.165, 1.54) is 6.92 Å². The number of hydrogen-bond donors (Lipinski definition) is 2. The maximum atomic E-state index is 13.5. The van der Waals surface area contributed by atoms with Crippen LogP contribution in [0.1, 0.15) is 24.2 Å². The number of rotatable bonds is 4. The first-order chi connectivity index (χ1) is 9.18. The Bertz CT molecular complexity index is 487. The Morgan fingerprint density at radius 1 is 1.35 bits per heavy atom. The molecule has 20 heavy (non-hydrogen) atoms. The van der Waals surface area contributed by atoms with Crippen LogP contribution >= 0.6 is 0 Å². The van der Waals surface area contributed by atoms with Crippen molar-refractivity contribution in [3.8, 4) is 0 Å². The zero-order chi connectivity index (χ0) is 15.5. The molecule has 4 nitrogen and oxygen atoms in total. The van der Waals surface area contributed by atoms with Crippen molar-refractivity contribution in [1.29, 1.82) is 0 Å². The van der Waals surface area contributed by atoms with Crippen molar-refractivity contribution in [2.24, 2.45) is 0 Å². The van der Waals surface area contributed by atoms with E-state index in [0.29, 0.717) is 12.1 Å². The summed E-state index contributed by atoms with van der Waals surface area (Å²) in [6.07, 6.45) is -8.83. The van der Waals surface area contributed by atoms with E-state index in [-0.39, 0.29) is 12.7 Å². The number of halogens is 4. The van der Waals surface area contributed by atoms with Crippen LogP contribution < -0.4 is 0 Å². The second kappa shape index (κ2) is 6.19. The Labute approximate surface area is 111 Å². The van der Waals surface area contributed by atoms with Gasteiger partial charge in [-0.2, -0.15) is 13.2 Å². The van der Waals surface area contributed by atoms with E-state index < -0.39 is 41.3 Å². The highest BCUT2D eigenvalue weighted by Crippen LogP contribution is 2.32. The van der Waals surface area contributed by atoms with Gasteiger partial charge in [0.15, 0.2) is 6.10 Å². The van der Waals surface area contributed by atoms with Crippen LogP contribution in [0.3, 0.4) is 0 Å². The van der Waals surface area contributed by atoms with Crippen molar-refractivity contribution in [2.75, 3.05) is 6.61 Å². The van der Waals surface area contributed by atoms with Gasteiger partial charge in [0, 0.05) is 5.56 Å². The van der Waals surface area contributed by atoms with Gasteiger partial charge in [0.25, 0.3) is 0 Å². The maximum Gasteiger partial charge on any atom is 0.416 e. The van der Waals surface area contributed by atoms with Crippen LogP contribution in [-0.4, -0.2) is 28.9 Å². The number of carbonyl (C=O) groups excluding carboxylic acids is 1. The quantitative estimate of drug-likeness (QED) is 0.657. The Kier molecular flexibility index (Phi) is 5.07. The van der Waals surface area contributed by atoms with Gasteiger partial charge >= 0.3 is 12.1 Å². The van der Waals surface area contributed by atoms with Crippen molar-refractivity contribution in [3.05, 3.63) is 35.1 Å². The van der Waals surface area contributed by atoms with Crippen LogP contribution in [0, 0.1) is 5.82 Å². The third-order valence-electron chi connectivity index (χ3n) is 2.47. The molecule has 0 spiro atoms. The molecule has 8 heteroatoms. The minimum atomic E-state index is -4.73. The van der Waals surface area contributed by atoms with E-state index in [0.717, 1.165) is 0 Å². The van der Waals surface area contributed by atoms with Gasteiger partial charge in [-0.05, 0) is 19.1 Å². The standard InChI is InChI=1S/C12H12F4O4/c1-2-20-11(19)10(18)9(17)7-4-3-6(5-8(7)13)12(14,15)16/h3-5,9-10,17-18H,2H2,1H3. The average Bonchev–Trinajstić information content (AvgIpc) is 2.36. The van der Waals surface area contributed by atoms with E-state index in [1.54, 1.807) is 0 Å². The van der Waals surface area contributed by atoms with Crippen LogP contribution in [0.15, 0.2) is 18.2 Å². The molecule has 1 aromatic carbocycles. The lowest BCUT2D eigenvalue weighted by molar-refractivity contribution is -0.159. The summed E-state index contributed by atoms with van der Waals surface area (Å²) < 4.78 is 54.9. The van der Waals surface area contributed by atoms with Crippen molar-refractivity contribution in [2.45, 2.75) is 25.3 Å². The van der Waals surface area contributed by atoms with Crippen molar-refractivity contribution >= 4 is 5.97 Å². The molecule has 0 aliphatic carbocycles. The predicted octanol–water partition coefficient (Wildman–Crippen LogP) is 1.80. The lowest BCUT2D eigenvalue weighted by atomic mass is 10.0. The Balaban J connectivity index is 3.00. The lowest BCUT2D eigenvalue weighted by Crippen LogP contribution is -2.30. The molecule has 0 bridgehead atoms. The van der Waals surface area contributed by atoms with Crippen LogP contribution in [0.25, 0.3) is 0 Å². The zero-order valence-corrected chi connectivity index (χ0v) is 10.3. The fraction of sp³-hybridized carbons (Fsp3) is 0.417. The fourth-order valence-electron chi connectivity index (χ4n) is 1.47. The normalized spacial score (nSPS) is 14.8. The molecule has 0 radical (unpaired) electrons. The summed E-state index contributed by atoms with van der Waals surface area (Å²) in [5.74, 6) is -2.57. The molecule has 0 saturated carbocycles. The summed E-state index contributed by atoms with van der Waals surface area (Å²) in [7, 11) is 0. The SMILES string of the molecule is CCOC(=O)C(O)C(O)c1ccc(C(F)(F)F)cc1F. The highest BCUT2D eigenvalue weighted by Gasteiger charge is 2.33. The fourth-order valence-corrected chi connectivity index (χ4v) is 1.47. The van der Waals surface area contributed by atoms with Gasteiger partial charge < -0.3 is 14.9 Å². The summed E-state index contributed by atoms with van der Waals surface area (Å²) in [5, 5.41) is 19.0. The second-order valence-corrected chi connectivity index (χ2v) is 3.88. The summed E-state index contributed by atoms with van der Waals surface area (Å²) >= 11 is 0. The number of aliphatic hydroxyl groups excluding tert-OH is 2. The van der Waals surface area contributed by atoms with Gasteiger partial charge in [0.2, 0.25) is 0 Å². The minimum Gasteiger partial charge on any atom is -0.464 e. The molecule has 2 unspecified atom stereocenters. The molecule has 2 atom stereocenters. The third kappa shape index (κ3) is 3.67. The molecule has 0 aliphatic rings. The largest absolute Gasteiger partial charge is 0.464 e. The highest BCUT2D eigenvalue weighted by atomic mass is 19.4. The summed E-state index contributed by atoms with van der Waals surface area (Å²) in [5.41, 5.74) is -1.87. The topological polar surface area (TPSA) is 66.8 Å². The molecule has 0 amide bonds. The number of benzene rings is 1. The lowest BCUT2D eigenvalue weighted by Gasteiger charge is -2.18. The third-order valence-corrected chi connectivity index (χ3v) is 2.47. The van der Waals surface area contributed by atoms with Crippen LogP contribution in [0.5, 0.6) is 0 Å². The van der Waals surface area contributed by atoms with E-state index in [1.807, 2.05) is 0 Å². The Morgan fingerprint density at radius 3 is 2.40 bits per heavy atom. The van der Waals surface area contributed by atoms with E-state index in [9.17, 15) is 32.6 Å². The van der Waals surface area contributed by atoms with E-state index in [2.05, 4.69) is 4.74 Å². The molecule has 112 valence electrons. The molecule has 1 rings (SSSR count). The number of alkyl halides is 3. The van der Waals surface area contributed by atoms with Gasteiger partial charge in [-0.1, -0.05) is 6.07 Å². The number of hydrogen-bond acceptors (Lipinski definition) is 4. The summed E-state index contributed by atoms with van der Waals surface area (Å²) in [4.78, 5) is 11.2. The summed E-state index contributed by atoms with van der Waals surface area (Å²) in [6.45, 7) is 1.38. The monoisotopic (exact) mass is 296 g/mol. The molecule has 0 aromatic heterocycles. The number of ether oxygens (including phenoxy) is 1. The number of carbonyl (C=O) groups is 1. The molecular formula is C12H12F4O4. The maximum absolute atomic E-state index is 13.5. The van der Waals surface area contributed by atoms with Crippen LogP contribution in [0.4, 0.5) is 17.6 Å². The van der Waals surface area contributed by atoms with Gasteiger partial charge in [-0.3, -0.25) is 0 Å². The van der Waals surface area contributed by atoms with Gasteiger partial charge in [0.05, 0.1) is 12.2 Å². The first kappa shape index (κ1) is 16.4. The van der Waals surface area contributed by atoms with Crippen LogP contribution in [0.2, 0.25) is 0 Å². The highest BCUT2D eigenvalue weighted by molar-refractivity contribution is 5.75. The molecule has 0 aliphatic heterocycles. The minimum absolute atomic E-state index is 0.0713. The Morgan fingerprint density at radius 2 is 1.95 bits per heavy atom. The number of esters is 1. The van der Waals surface area contributed by atoms with Crippen molar-refractivity contribution in [3.63, 3.8) is 0 Å². The van der Waals surface area contributed by atoms with Crippen molar-refractivity contribution in [1.82, 2.24) is 0 Å². The van der Waals surface area contributed by atoms with E-state index >= 15 is 0 Å². The first-order valence-corrected chi connectivity index (χ1v) is 5.58. The smallest absolute Gasteiger partial charge is 0.416 e. The molecule has 1 aromatic rings. The van der Waals surface area contributed by atoms with Crippen LogP contribution in [-0.2, 0) is 15.7 Å². The molecule has 0 heterocycles. The number of aliphatic hydroxyl groups is 2. The molecule has 0 fully saturated rings. The van der Waals surface area contributed by atoms with Gasteiger partial charge in [-0.25, -0.2) is 9.18 Å². The van der Waals surface area contributed by atoms with E-state index in [4.69, 9.17) is 0 Å². The van der Waals surface area contributed by atoms with Gasteiger partial charge in [-0.15, -0.1) is 0 Å². The molecular weight excluding hydrogens is 284 g/mol. The van der Waals surface area contributed by atoms with Gasteiger partial charge in [0.1, 0.15) is 11.9 Å². The summed E-state index contributed by atoms with van der Waals surface area (Å²) in [6, 6.07) is 1.38. The molecule has 0 saturated heterocycles. The van der Waals surface area contributed by atoms with Crippen molar-refractivity contribution < 1.29 is 37.3 Å².